The highest BCUT2D eigenvalue weighted by atomic mass is 32.2. The summed E-state index contributed by atoms with van der Waals surface area (Å²) in [7, 11) is -1.08. The average Bonchev–Trinajstić information content (AvgIpc) is 2.81. The van der Waals surface area contributed by atoms with Gasteiger partial charge in [0.25, 0.3) is 0 Å². The van der Waals surface area contributed by atoms with Crippen molar-refractivity contribution in [1.29, 1.82) is 0 Å². The van der Waals surface area contributed by atoms with Crippen LogP contribution in [0.2, 0.25) is 0 Å². The second-order valence-corrected chi connectivity index (χ2v) is 10.1. The molecule has 0 saturated carbocycles. The van der Waals surface area contributed by atoms with Crippen molar-refractivity contribution >= 4 is 21.7 Å². The lowest BCUT2D eigenvalue weighted by molar-refractivity contribution is 0.0305. The number of nitrogens with zero attached hydrogens (tertiary/aromatic N) is 2. The molecule has 0 saturated heterocycles. The fraction of sp³-hybridized carbons (Fsp3) is 0.435. The van der Waals surface area contributed by atoms with Gasteiger partial charge in [0.15, 0.2) is 0 Å². The van der Waals surface area contributed by atoms with E-state index in [4.69, 9.17) is 4.74 Å². The lowest BCUT2D eigenvalue weighted by atomic mass is 10.0. The Morgan fingerprint density at radius 3 is 2.26 bits per heavy atom. The van der Waals surface area contributed by atoms with Gasteiger partial charge in [-0.05, 0) is 43.3 Å². The highest BCUT2D eigenvalue weighted by Gasteiger charge is 2.30. The number of anilines is 1. The monoisotopic (exact) mass is 499 g/mol. The maximum absolute atomic E-state index is 14.0. The largest absolute Gasteiger partial charge is 0.394 e. The standard InChI is InChI=1S/C23H31F2N3O5S/c1-16(13-28(17(2)15-29)23(30)26-21-8-6-5-7-20(21)25)22(33-4)14-27(3)34(31,32)19-11-9-18(24)10-12-19/h5-12,16-17,22,29H,13-15H2,1-4H3,(H,26,30)/t16-,17+,22-/m1/s1. The van der Waals surface area contributed by atoms with E-state index < -0.39 is 39.8 Å². The van der Waals surface area contributed by atoms with Crippen LogP contribution in [0.5, 0.6) is 0 Å². The van der Waals surface area contributed by atoms with Crippen LogP contribution in [0, 0.1) is 17.6 Å². The van der Waals surface area contributed by atoms with E-state index in [1.165, 1.54) is 49.4 Å². The molecule has 2 rings (SSSR count). The minimum absolute atomic E-state index is 0.00343. The molecule has 2 aromatic rings. The maximum atomic E-state index is 14.0. The molecule has 8 nitrogen and oxygen atoms in total. The number of methoxy groups -OCH3 is 1. The van der Waals surface area contributed by atoms with Crippen LogP contribution in [-0.4, -0.2) is 74.8 Å². The third-order valence-corrected chi connectivity index (χ3v) is 7.39. The van der Waals surface area contributed by atoms with Crippen molar-refractivity contribution in [2.24, 2.45) is 5.92 Å². The van der Waals surface area contributed by atoms with E-state index in [1.807, 2.05) is 0 Å². The normalized spacial score (nSPS) is 14.5. The van der Waals surface area contributed by atoms with Crippen molar-refractivity contribution in [3.05, 3.63) is 60.2 Å². The summed E-state index contributed by atoms with van der Waals surface area (Å²) in [5, 5.41) is 12.1. The van der Waals surface area contributed by atoms with Crippen LogP contribution in [0.1, 0.15) is 13.8 Å². The Bertz CT molecular complexity index is 1050. The first-order chi connectivity index (χ1) is 16.0. The number of likely N-dealkylation sites (N-methyl/N-ethyl adjacent to an activating group) is 1. The van der Waals surface area contributed by atoms with Crippen molar-refractivity contribution in [3.63, 3.8) is 0 Å². The number of nitrogens with one attached hydrogen (secondary N) is 1. The lowest BCUT2D eigenvalue weighted by Crippen LogP contribution is -2.49. The molecular formula is C23H31F2N3O5S. The van der Waals surface area contributed by atoms with Gasteiger partial charge in [0.05, 0.1) is 29.3 Å². The van der Waals surface area contributed by atoms with Crippen molar-refractivity contribution < 1.29 is 31.8 Å². The number of carbonyl (C=O) groups is 1. The predicted octanol–water partition coefficient (Wildman–Crippen LogP) is 3.15. The van der Waals surface area contributed by atoms with Crippen molar-refractivity contribution in [1.82, 2.24) is 9.21 Å². The molecule has 0 bridgehead atoms. The minimum atomic E-state index is -3.89. The van der Waals surface area contributed by atoms with Gasteiger partial charge >= 0.3 is 6.03 Å². The summed E-state index contributed by atoms with van der Waals surface area (Å²) >= 11 is 0. The molecule has 0 spiro atoms. The molecule has 0 fully saturated rings. The van der Waals surface area contributed by atoms with E-state index in [0.29, 0.717) is 0 Å². The lowest BCUT2D eigenvalue weighted by Gasteiger charge is -2.34. The number of halogens is 2. The Morgan fingerprint density at radius 2 is 1.71 bits per heavy atom. The van der Waals surface area contributed by atoms with Gasteiger partial charge < -0.3 is 20.1 Å². The van der Waals surface area contributed by atoms with Crippen molar-refractivity contribution in [3.8, 4) is 0 Å². The average molecular weight is 500 g/mol. The van der Waals surface area contributed by atoms with E-state index >= 15 is 0 Å². The predicted molar refractivity (Wildman–Crippen MR) is 125 cm³/mol. The van der Waals surface area contributed by atoms with Gasteiger partial charge in [0.2, 0.25) is 10.0 Å². The molecule has 0 aromatic heterocycles. The SMILES string of the molecule is CO[C@H](CN(C)S(=O)(=O)c1ccc(F)cc1)[C@H](C)CN(C(=O)Nc1ccccc1F)[C@@H](C)CO. The van der Waals surface area contributed by atoms with Gasteiger partial charge in [-0.1, -0.05) is 19.1 Å². The van der Waals surface area contributed by atoms with Gasteiger partial charge in [-0.25, -0.2) is 22.0 Å². The number of carbonyl (C=O) groups excluding carboxylic acids is 1. The van der Waals surface area contributed by atoms with Crippen LogP contribution in [0.25, 0.3) is 0 Å². The number of amides is 2. The molecular weight excluding hydrogens is 468 g/mol. The Balaban J connectivity index is 2.14. The van der Waals surface area contributed by atoms with E-state index in [0.717, 1.165) is 16.4 Å². The number of rotatable bonds is 11. The number of sulfonamides is 1. The third-order valence-electron chi connectivity index (χ3n) is 5.55. The summed E-state index contributed by atoms with van der Waals surface area (Å²) in [6.45, 7) is 3.16. The smallest absolute Gasteiger partial charge is 0.322 e. The van der Waals surface area contributed by atoms with Gasteiger partial charge in [-0.3, -0.25) is 0 Å². The van der Waals surface area contributed by atoms with Gasteiger partial charge in [0.1, 0.15) is 11.6 Å². The van der Waals surface area contributed by atoms with Gasteiger partial charge in [-0.15, -0.1) is 0 Å². The van der Waals surface area contributed by atoms with Crippen LogP contribution >= 0.6 is 0 Å². The number of aliphatic hydroxyl groups excluding tert-OH is 1. The molecule has 188 valence electrons. The molecule has 0 aliphatic heterocycles. The zero-order valence-electron chi connectivity index (χ0n) is 19.6. The highest BCUT2D eigenvalue weighted by Crippen LogP contribution is 2.20. The number of hydrogen-bond acceptors (Lipinski definition) is 5. The summed E-state index contributed by atoms with van der Waals surface area (Å²) < 4.78 is 59.5. The van der Waals surface area contributed by atoms with E-state index in [-0.39, 0.29) is 36.2 Å². The Labute approximate surface area is 199 Å². The molecule has 0 heterocycles. The van der Waals surface area contributed by atoms with Crippen LogP contribution in [0.3, 0.4) is 0 Å². The van der Waals surface area contributed by atoms with E-state index in [1.54, 1.807) is 19.9 Å². The molecule has 11 heteroatoms. The van der Waals surface area contributed by atoms with Crippen LogP contribution < -0.4 is 5.32 Å². The van der Waals surface area contributed by atoms with Crippen molar-refractivity contribution in [2.45, 2.75) is 30.9 Å². The molecule has 2 N–H and O–H groups in total. The molecule has 34 heavy (non-hydrogen) atoms. The quantitative estimate of drug-likeness (QED) is 0.495. The first kappa shape index (κ1) is 27.6. The molecule has 3 atom stereocenters. The molecule has 2 amide bonds. The third kappa shape index (κ3) is 6.95. The Morgan fingerprint density at radius 1 is 1.09 bits per heavy atom. The fourth-order valence-electron chi connectivity index (χ4n) is 3.36. The molecule has 0 radical (unpaired) electrons. The van der Waals surface area contributed by atoms with E-state index in [9.17, 15) is 27.1 Å². The number of benzene rings is 2. The topological polar surface area (TPSA) is 99.2 Å². The minimum Gasteiger partial charge on any atom is -0.394 e. The molecule has 0 unspecified atom stereocenters. The van der Waals surface area contributed by atoms with Gasteiger partial charge in [0, 0.05) is 33.2 Å². The number of ether oxygens (including phenoxy) is 1. The summed E-state index contributed by atoms with van der Waals surface area (Å²) in [5.41, 5.74) is 0.00343. The zero-order valence-corrected chi connectivity index (χ0v) is 20.4. The van der Waals surface area contributed by atoms with Crippen LogP contribution in [0.15, 0.2) is 53.4 Å². The van der Waals surface area contributed by atoms with Crippen LogP contribution in [-0.2, 0) is 14.8 Å². The Hall–Kier alpha value is -2.60. The number of aliphatic hydroxyl groups is 1. The highest BCUT2D eigenvalue weighted by molar-refractivity contribution is 7.89. The van der Waals surface area contributed by atoms with Gasteiger partial charge in [-0.2, -0.15) is 4.31 Å². The number of urea groups is 1. The second-order valence-electron chi connectivity index (χ2n) is 8.08. The second kappa shape index (κ2) is 12.2. The van der Waals surface area contributed by atoms with E-state index in [2.05, 4.69) is 5.32 Å². The number of hydrogen-bond donors (Lipinski definition) is 2. The van der Waals surface area contributed by atoms with Crippen LogP contribution in [0.4, 0.5) is 19.3 Å². The molecule has 2 aromatic carbocycles. The summed E-state index contributed by atoms with van der Waals surface area (Å²) in [6, 6.07) is 9.03. The van der Waals surface area contributed by atoms with Crippen molar-refractivity contribution in [2.75, 3.05) is 39.2 Å². The molecule has 0 aliphatic carbocycles. The molecule has 0 aliphatic rings. The number of para-hydroxylation sites is 1. The summed E-state index contributed by atoms with van der Waals surface area (Å²) in [5.74, 6) is -1.50. The summed E-state index contributed by atoms with van der Waals surface area (Å²) in [4.78, 5) is 14.2. The summed E-state index contributed by atoms with van der Waals surface area (Å²) in [6.07, 6.45) is -0.616. The Kier molecular flexibility index (Phi) is 9.92. The first-order valence-electron chi connectivity index (χ1n) is 10.7. The zero-order chi connectivity index (χ0) is 25.5. The fourth-order valence-corrected chi connectivity index (χ4v) is 4.55. The first-order valence-corrected chi connectivity index (χ1v) is 12.1. The maximum Gasteiger partial charge on any atom is 0.322 e.